The highest BCUT2D eigenvalue weighted by molar-refractivity contribution is 5.95. The number of ether oxygens (including phenoxy) is 2. The van der Waals surface area contributed by atoms with E-state index in [1.807, 2.05) is 61.5 Å². The third-order valence-electron chi connectivity index (χ3n) is 4.81. The van der Waals surface area contributed by atoms with Gasteiger partial charge in [0.1, 0.15) is 5.75 Å². The minimum absolute atomic E-state index is 0.252. The number of nitrogens with zero attached hydrogens (tertiary/aromatic N) is 1. The summed E-state index contributed by atoms with van der Waals surface area (Å²) in [6, 6.07) is 16.2. The number of para-hydroxylation sites is 1. The fraction of sp³-hybridized carbons (Fsp3) is 0.304. The Morgan fingerprint density at radius 3 is 2.41 bits per heavy atom. The summed E-state index contributed by atoms with van der Waals surface area (Å²) in [7, 11) is 0. The maximum absolute atomic E-state index is 13.0. The molecule has 1 atom stereocenters. The molecular formula is C23H26N2O4. The van der Waals surface area contributed by atoms with Gasteiger partial charge in [-0.05, 0) is 32.4 Å². The molecule has 0 saturated carbocycles. The first-order chi connectivity index (χ1) is 14.1. The number of amides is 2. The number of benzene rings is 2. The van der Waals surface area contributed by atoms with E-state index in [-0.39, 0.29) is 12.6 Å². The van der Waals surface area contributed by atoms with Gasteiger partial charge in [0.25, 0.3) is 0 Å². The van der Waals surface area contributed by atoms with E-state index in [2.05, 4.69) is 5.32 Å². The third kappa shape index (κ3) is 4.42. The molecule has 0 spiro atoms. The molecule has 2 aromatic carbocycles. The van der Waals surface area contributed by atoms with Crippen LogP contribution in [0.3, 0.4) is 0 Å². The lowest BCUT2D eigenvalue weighted by atomic mass is 9.94. The van der Waals surface area contributed by atoms with E-state index in [0.29, 0.717) is 30.2 Å². The van der Waals surface area contributed by atoms with Crippen molar-refractivity contribution in [2.45, 2.75) is 33.4 Å². The number of carbonyl (C=O) groups excluding carboxylic acids is 2. The normalized spacial score (nSPS) is 16.4. The molecule has 1 heterocycles. The summed E-state index contributed by atoms with van der Waals surface area (Å²) in [6.07, 6.45) is 0. The Bertz CT molecular complexity index is 908. The lowest BCUT2D eigenvalue weighted by Gasteiger charge is -2.36. The smallest absolute Gasteiger partial charge is 0.338 e. The lowest BCUT2D eigenvalue weighted by molar-refractivity contribution is -0.139. The van der Waals surface area contributed by atoms with Gasteiger partial charge in [-0.25, -0.2) is 9.59 Å². The largest absolute Gasteiger partial charge is 0.494 e. The Balaban J connectivity index is 2.06. The number of esters is 1. The second kappa shape index (κ2) is 9.28. The van der Waals surface area contributed by atoms with Crippen molar-refractivity contribution in [3.63, 3.8) is 0 Å². The van der Waals surface area contributed by atoms with Crippen LogP contribution in [-0.4, -0.2) is 30.1 Å². The minimum atomic E-state index is -0.642. The zero-order valence-electron chi connectivity index (χ0n) is 17.0. The van der Waals surface area contributed by atoms with Crippen molar-refractivity contribution < 1.29 is 19.1 Å². The van der Waals surface area contributed by atoms with E-state index in [1.165, 1.54) is 0 Å². The molecule has 1 unspecified atom stereocenters. The lowest BCUT2D eigenvalue weighted by Crippen LogP contribution is -2.47. The second-order valence-electron chi connectivity index (χ2n) is 6.64. The number of urea groups is 1. The molecule has 6 nitrogen and oxygen atoms in total. The molecule has 0 radical (unpaired) electrons. The number of nitrogens with one attached hydrogen (secondary N) is 1. The Morgan fingerprint density at radius 1 is 1.03 bits per heavy atom. The number of carbonyl (C=O) groups is 2. The van der Waals surface area contributed by atoms with Gasteiger partial charge >= 0.3 is 12.0 Å². The van der Waals surface area contributed by atoms with Gasteiger partial charge in [-0.3, -0.25) is 4.90 Å². The summed E-state index contributed by atoms with van der Waals surface area (Å²) in [5.41, 5.74) is 2.68. The van der Waals surface area contributed by atoms with Crippen LogP contribution in [0.5, 0.6) is 5.75 Å². The highest BCUT2D eigenvalue weighted by Crippen LogP contribution is 2.36. The van der Waals surface area contributed by atoms with Crippen LogP contribution in [-0.2, 0) is 16.1 Å². The number of rotatable bonds is 7. The van der Waals surface area contributed by atoms with Crippen LogP contribution in [0.4, 0.5) is 4.79 Å². The van der Waals surface area contributed by atoms with E-state index in [0.717, 1.165) is 11.1 Å². The highest BCUT2D eigenvalue weighted by Gasteiger charge is 2.37. The SMILES string of the molecule is CCOC(=O)C1=C(C)N(Cc2ccccc2)C(=O)NC1c1ccccc1OCC. The molecule has 2 aromatic rings. The van der Waals surface area contributed by atoms with Gasteiger partial charge in [0.15, 0.2) is 0 Å². The van der Waals surface area contributed by atoms with Crippen molar-refractivity contribution in [2.24, 2.45) is 0 Å². The van der Waals surface area contributed by atoms with Gasteiger partial charge in [-0.2, -0.15) is 0 Å². The predicted molar refractivity (Wildman–Crippen MR) is 110 cm³/mol. The van der Waals surface area contributed by atoms with E-state index in [9.17, 15) is 9.59 Å². The Labute approximate surface area is 171 Å². The van der Waals surface area contributed by atoms with Gasteiger partial charge in [-0.15, -0.1) is 0 Å². The van der Waals surface area contributed by atoms with E-state index >= 15 is 0 Å². The maximum Gasteiger partial charge on any atom is 0.338 e. The summed E-state index contributed by atoms with van der Waals surface area (Å²) in [5, 5.41) is 2.97. The summed E-state index contributed by atoms with van der Waals surface area (Å²) in [6.45, 7) is 6.54. The van der Waals surface area contributed by atoms with Crippen molar-refractivity contribution in [1.29, 1.82) is 0 Å². The zero-order valence-corrected chi connectivity index (χ0v) is 17.0. The Kier molecular flexibility index (Phi) is 6.54. The van der Waals surface area contributed by atoms with Crippen molar-refractivity contribution in [1.82, 2.24) is 10.2 Å². The van der Waals surface area contributed by atoms with Crippen LogP contribution < -0.4 is 10.1 Å². The van der Waals surface area contributed by atoms with Gasteiger partial charge < -0.3 is 14.8 Å². The molecule has 0 fully saturated rings. The first-order valence-corrected chi connectivity index (χ1v) is 9.78. The van der Waals surface area contributed by atoms with Crippen LogP contribution in [0.15, 0.2) is 65.9 Å². The Hall–Kier alpha value is -3.28. The third-order valence-corrected chi connectivity index (χ3v) is 4.81. The monoisotopic (exact) mass is 394 g/mol. The minimum Gasteiger partial charge on any atom is -0.494 e. The highest BCUT2D eigenvalue weighted by atomic mass is 16.5. The van der Waals surface area contributed by atoms with Gasteiger partial charge in [0.05, 0.1) is 31.4 Å². The van der Waals surface area contributed by atoms with E-state index in [1.54, 1.807) is 18.7 Å². The van der Waals surface area contributed by atoms with Crippen molar-refractivity contribution in [2.75, 3.05) is 13.2 Å². The van der Waals surface area contributed by atoms with Crippen LogP contribution >= 0.6 is 0 Å². The molecule has 3 rings (SSSR count). The number of allylic oxidation sites excluding steroid dienone is 1. The van der Waals surface area contributed by atoms with Crippen molar-refractivity contribution in [3.8, 4) is 5.75 Å². The molecule has 1 N–H and O–H groups in total. The number of hydrogen-bond acceptors (Lipinski definition) is 4. The van der Waals surface area contributed by atoms with Gasteiger partial charge in [0.2, 0.25) is 0 Å². The van der Waals surface area contributed by atoms with Crippen LogP contribution in [0.2, 0.25) is 0 Å². The summed E-state index contributed by atoms with van der Waals surface area (Å²) < 4.78 is 11.1. The molecule has 2 amide bonds. The second-order valence-corrected chi connectivity index (χ2v) is 6.64. The molecular weight excluding hydrogens is 368 g/mol. The average Bonchev–Trinajstić information content (AvgIpc) is 2.72. The quantitative estimate of drug-likeness (QED) is 0.715. The zero-order chi connectivity index (χ0) is 20.8. The first-order valence-electron chi connectivity index (χ1n) is 9.78. The molecule has 0 aliphatic carbocycles. The van der Waals surface area contributed by atoms with Gasteiger partial charge in [-0.1, -0.05) is 48.5 Å². The molecule has 0 aromatic heterocycles. The van der Waals surface area contributed by atoms with Crippen molar-refractivity contribution >= 4 is 12.0 Å². The van der Waals surface area contributed by atoms with Crippen LogP contribution in [0, 0.1) is 0 Å². The average molecular weight is 394 g/mol. The molecule has 152 valence electrons. The summed E-state index contributed by atoms with van der Waals surface area (Å²) in [5.74, 6) is 0.186. The Morgan fingerprint density at radius 2 is 1.72 bits per heavy atom. The summed E-state index contributed by atoms with van der Waals surface area (Å²) >= 11 is 0. The predicted octanol–water partition coefficient (Wildman–Crippen LogP) is 4.19. The molecule has 29 heavy (non-hydrogen) atoms. The standard InChI is InChI=1S/C23H26N2O4/c1-4-28-19-14-10-9-13-18(19)21-20(22(26)29-5-2)16(3)25(23(27)24-21)15-17-11-7-6-8-12-17/h6-14,21H,4-5,15H2,1-3H3,(H,24,27). The van der Waals surface area contributed by atoms with Crippen LogP contribution in [0.1, 0.15) is 37.9 Å². The van der Waals surface area contributed by atoms with Crippen molar-refractivity contribution in [3.05, 3.63) is 77.0 Å². The number of hydrogen-bond donors (Lipinski definition) is 1. The first kappa shape index (κ1) is 20.5. The van der Waals surface area contributed by atoms with Gasteiger partial charge in [0, 0.05) is 11.3 Å². The molecule has 1 aliphatic rings. The van der Waals surface area contributed by atoms with Crippen LogP contribution in [0.25, 0.3) is 0 Å². The van der Waals surface area contributed by atoms with E-state index < -0.39 is 12.0 Å². The fourth-order valence-corrected chi connectivity index (χ4v) is 3.45. The summed E-state index contributed by atoms with van der Waals surface area (Å²) in [4.78, 5) is 27.4. The topological polar surface area (TPSA) is 67.9 Å². The maximum atomic E-state index is 13.0. The van der Waals surface area contributed by atoms with E-state index in [4.69, 9.17) is 9.47 Å². The molecule has 0 saturated heterocycles. The fourth-order valence-electron chi connectivity index (χ4n) is 3.45. The molecule has 0 bridgehead atoms. The molecule has 6 heteroatoms. The molecule has 1 aliphatic heterocycles.